The summed E-state index contributed by atoms with van der Waals surface area (Å²) in [4.78, 5) is 12.5. The van der Waals surface area contributed by atoms with Gasteiger partial charge in [-0.2, -0.15) is 0 Å². The molecule has 4 unspecified atom stereocenters. The van der Waals surface area contributed by atoms with Crippen molar-refractivity contribution < 1.29 is 9.53 Å². The van der Waals surface area contributed by atoms with E-state index in [9.17, 15) is 4.79 Å². The van der Waals surface area contributed by atoms with Gasteiger partial charge < -0.3 is 10.1 Å². The first kappa shape index (κ1) is 14.1. The van der Waals surface area contributed by atoms with Crippen LogP contribution in [0.2, 0.25) is 0 Å². The average molecular weight is 274 g/mol. The Morgan fingerprint density at radius 1 is 1.28 bits per heavy atom. The summed E-state index contributed by atoms with van der Waals surface area (Å²) in [6.07, 6.45) is 4.50. The topological polar surface area (TPSA) is 38.3 Å². The molecular formula is C14H24ClNO2. The van der Waals surface area contributed by atoms with E-state index in [1.165, 1.54) is 0 Å². The van der Waals surface area contributed by atoms with E-state index in [2.05, 4.69) is 12.2 Å². The molecule has 0 aromatic heterocycles. The molecule has 1 saturated carbocycles. The third kappa shape index (κ3) is 2.53. The molecule has 0 radical (unpaired) electrons. The predicted octanol–water partition coefficient (Wildman–Crippen LogP) is 2.71. The van der Waals surface area contributed by atoms with Gasteiger partial charge in [0.1, 0.15) is 0 Å². The fourth-order valence-corrected chi connectivity index (χ4v) is 3.74. The SMILES string of the molecule is CC1OC(C)C(C(=O)NC2(CCl)CCCC2)C1C. The Hall–Kier alpha value is -0.280. The molecule has 1 amide bonds. The largest absolute Gasteiger partial charge is 0.374 e. The summed E-state index contributed by atoms with van der Waals surface area (Å²) in [6.45, 7) is 6.13. The fourth-order valence-electron chi connectivity index (χ4n) is 3.41. The van der Waals surface area contributed by atoms with Gasteiger partial charge >= 0.3 is 0 Å². The molecule has 1 aliphatic carbocycles. The van der Waals surface area contributed by atoms with Gasteiger partial charge in [0.05, 0.1) is 23.7 Å². The number of amides is 1. The molecule has 1 N–H and O–H groups in total. The molecule has 0 bridgehead atoms. The lowest BCUT2D eigenvalue weighted by Crippen LogP contribution is -2.51. The van der Waals surface area contributed by atoms with Gasteiger partial charge in [0.25, 0.3) is 0 Å². The van der Waals surface area contributed by atoms with Gasteiger partial charge in [0.2, 0.25) is 5.91 Å². The first-order valence-corrected chi connectivity index (χ1v) is 7.56. The van der Waals surface area contributed by atoms with Crippen LogP contribution in [0.25, 0.3) is 0 Å². The Balaban J connectivity index is 2.03. The summed E-state index contributed by atoms with van der Waals surface area (Å²) < 4.78 is 5.74. The van der Waals surface area contributed by atoms with Gasteiger partial charge in [0, 0.05) is 5.88 Å². The quantitative estimate of drug-likeness (QED) is 0.803. The molecule has 104 valence electrons. The molecule has 4 atom stereocenters. The van der Waals surface area contributed by atoms with Crippen molar-refractivity contribution in [2.45, 2.75) is 64.2 Å². The lowest BCUT2D eigenvalue weighted by atomic mass is 9.87. The molecule has 2 fully saturated rings. The lowest BCUT2D eigenvalue weighted by Gasteiger charge is -2.30. The molecule has 1 heterocycles. The summed E-state index contributed by atoms with van der Waals surface area (Å²) in [6, 6.07) is 0. The maximum atomic E-state index is 12.5. The average Bonchev–Trinajstić information content (AvgIpc) is 2.86. The molecular weight excluding hydrogens is 250 g/mol. The van der Waals surface area contributed by atoms with E-state index < -0.39 is 0 Å². The number of hydrogen-bond acceptors (Lipinski definition) is 2. The highest BCUT2D eigenvalue weighted by atomic mass is 35.5. The minimum atomic E-state index is -0.163. The van der Waals surface area contributed by atoms with Crippen LogP contribution in [-0.4, -0.2) is 29.5 Å². The summed E-state index contributed by atoms with van der Waals surface area (Å²) in [7, 11) is 0. The van der Waals surface area contributed by atoms with Gasteiger partial charge in [-0.3, -0.25) is 4.79 Å². The molecule has 0 spiro atoms. The van der Waals surface area contributed by atoms with E-state index in [1.54, 1.807) is 0 Å². The molecule has 2 aliphatic rings. The molecule has 1 aliphatic heterocycles. The first-order chi connectivity index (χ1) is 8.49. The highest BCUT2D eigenvalue weighted by Crippen LogP contribution is 2.35. The second-order valence-corrected chi connectivity index (χ2v) is 6.31. The first-order valence-electron chi connectivity index (χ1n) is 7.02. The third-order valence-corrected chi connectivity index (χ3v) is 5.26. The molecule has 4 heteroatoms. The Morgan fingerprint density at radius 2 is 1.89 bits per heavy atom. The van der Waals surface area contributed by atoms with Crippen molar-refractivity contribution in [3.05, 3.63) is 0 Å². The molecule has 0 aromatic carbocycles. The Labute approximate surface area is 115 Å². The molecule has 18 heavy (non-hydrogen) atoms. The van der Waals surface area contributed by atoms with Crippen molar-refractivity contribution in [2.75, 3.05) is 5.88 Å². The summed E-state index contributed by atoms with van der Waals surface area (Å²) in [5.41, 5.74) is -0.163. The highest BCUT2D eigenvalue weighted by Gasteiger charge is 2.44. The minimum absolute atomic E-state index is 0.00350. The zero-order chi connectivity index (χ0) is 13.3. The van der Waals surface area contributed by atoms with E-state index in [4.69, 9.17) is 16.3 Å². The number of alkyl halides is 1. The van der Waals surface area contributed by atoms with Crippen molar-refractivity contribution in [3.8, 4) is 0 Å². The zero-order valence-electron chi connectivity index (χ0n) is 11.5. The van der Waals surface area contributed by atoms with Crippen molar-refractivity contribution in [3.63, 3.8) is 0 Å². The van der Waals surface area contributed by atoms with E-state index >= 15 is 0 Å². The normalized spacial score (nSPS) is 38.9. The second kappa shape index (κ2) is 5.38. The predicted molar refractivity (Wildman–Crippen MR) is 72.7 cm³/mol. The maximum absolute atomic E-state index is 12.5. The van der Waals surface area contributed by atoms with Crippen molar-refractivity contribution in [1.82, 2.24) is 5.32 Å². The van der Waals surface area contributed by atoms with Crippen LogP contribution in [0.1, 0.15) is 46.5 Å². The number of nitrogens with one attached hydrogen (secondary N) is 1. The number of ether oxygens (including phenoxy) is 1. The van der Waals surface area contributed by atoms with Crippen LogP contribution in [0.4, 0.5) is 0 Å². The minimum Gasteiger partial charge on any atom is -0.374 e. The van der Waals surface area contributed by atoms with Gasteiger partial charge in [-0.25, -0.2) is 0 Å². The molecule has 3 nitrogen and oxygen atoms in total. The van der Waals surface area contributed by atoms with Crippen molar-refractivity contribution >= 4 is 17.5 Å². The van der Waals surface area contributed by atoms with E-state index in [0.717, 1.165) is 25.7 Å². The summed E-state index contributed by atoms with van der Waals surface area (Å²) in [5, 5.41) is 3.21. The zero-order valence-corrected chi connectivity index (χ0v) is 12.3. The van der Waals surface area contributed by atoms with Crippen LogP contribution in [0.3, 0.4) is 0 Å². The summed E-state index contributed by atoms with van der Waals surface area (Å²) >= 11 is 6.07. The standard InChI is InChI=1S/C14H24ClNO2/c1-9-10(2)18-11(3)12(9)13(17)16-14(8-15)6-4-5-7-14/h9-12H,4-8H2,1-3H3,(H,16,17). The Kier molecular flexibility index (Phi) is 4.22. The van der Waals surface area contributed by atoms with Crippen LogP contribution in [-0.2, 0) is 9.53 Å². The van der Waals surface area contributed by atoms with Gasteiger partial charge in [-0.1, -0.05) is 19.8 Å². The smallest absolute Gasteiger partial charge is 0.226 e. The maximum Gasteiger partial charge on any atom is 0.226 e. The van der Waals surface area contributed by atoms with Crippen LogP contribution in [0.5, 0.6) is 0 Å². The van der Waals surface area contributed by atoms with E-state index in [-0.39, 0.29) is 35.5 Å². The molecule has 1 saturated heterocycles. The van der Waals surface area contributed by atoms with Gasteiger partial charge in [-0.15, -0.1) is 11.6 Å². The summed E-state index contributed by atoms with van der Waals surface area (Å²) in [5.74, 6) is 0.876. The lowest BCUT2D eigenvalue weighted by molar-refractivity contribution is -0.128. The van der Waals surface area contributed by atoms with Crippen molar-refractivity contribution in [2.24, 2.45) is 11.8 Å². The Bertz CT molecular complexity index is 315. The number of carbonyl (C=O) groups is 1. The molecule has 2 rings (SSSR count). The van der Waals surface area contributed by atoms with E-state index in [1.807, 2.05) is 13.8 Å². The van der Waals surface area contributed by atoms with Gasteiger partial charge in [0.15, 0.2) is 0 Å². The third-order valence-electron chi connectivity index (χ3n) is 4.75. The molecule has 0 aromatic rings. The van der Waals surface area contributed by atoms with Crippen LogP contribution in [0.15, 0.2) is 0 Å². The number of hydrogen-bond donors (Lipinski definition) is 1. The van der Waals surface area contributed by atoms with Crippen molar-refractivity contribution in [1.29, 1.82) is 0 Å². The van der Waals surface area contributed by atoms with Crippen LogP contribution in [0, 0.1) is 11.8 Å². The second-order valence-electron chi connectivity index (χ2n) is 6.04. The van der Waals surface area contributed by atoms with E-state index in [0.29, 0.717) is 5.88 Å². The Morgan fingerprint density at radius 3 is 2.33 bits per heavy atom. The number of carbonyl (C=O) groups excluding carboxylic acids is 1. The monoisotopic (exact) mass is 273 g/mol. The number of halogens is 1. The number of rotatable bonds is 3. The van der Waals surface area contributed by atoms with Gasteiger partial charge in [-0.05, 0) is 32.6 Å². The fraction of sp³-hybridized carbons (Fsp3) is 0.929. The van der Waals surface area contributed by atoms with Crippen LogP contribution >= 0.6 is 11.6 Å². The van der Waals surface area contributed by atoms with Crippen LogP contribution < -0.4 is 5.32 Å². The highest BCUT2D eigenvalue weighted by molar-refractivity contribution is 6.18.